The van der Waals surface area contributed by atoms with Crippen molar-refractivity contribution in [3.8, 4) is 0 Å². The van der Waals surface area contributed by atoms with Gasteiger partial charge in [0.2, 0.25) is 0 Å². The molecule has 1 fully saturated rings. The first-order valence-corrected chi connectivity index (χ1v) is 3.03. The summed E-state index contributed by atoms with van der Waals surface area (Å²) in [6, 6.07) is 0. The number of hydrogen-bond donors (Lipinski definition) is 0. The van der Waals surface area contributed by atoms with Crippen molar-refractivity contribution in [3.05, 3.63) is 0 Å². The molecule has 60 valence electrons. The maximum Gasteiger partial charge on any atom is 1.00 e. The first-order chi connectivity index (χ1) is 4.36. The Morgan fingerprint density at radius 3 is 2.45 bits per heavy atom. The van der Waals surface area contributed by atoms with E-state index in [0.717, 1.165) is 0 Å². The van der Waals surface area contributed by atoms with Crippen molar-refractivity contribution >= 4 is 6.29 Å². The fourth-order valence-corrected chi connectivity index (χ4v) is 0.947. The van der Waals surface area contributed by atoms with Gasteiger partial charge in [-0.05, 0) is 13.1 Å². The van der Waals surface area contributed by atoms with Gasteiger partial charge in [-0.1, -0.05) is 0 Å². The maximum absolute atomic E-state index is 11.6. The fraction of sp³-hybridized carbons (Fsp3) is 0.833. The van der Waals surface area contributed by atoms with Crippen LogP contribution in [0, 0.1) is 5.92 Å². The van der Waals surface area contributed by atoms with E-state index in [-0.39, 0.29) is 47.6 Å². The van der Waals surface area contributed by atoms with Crippen molar-refractivity contribution in [3.63, 3.8) is 0 Å². The van der Waals surface area contributed by atoms with E-state index in [9.17, 15) is 9.18 Å². The van der Waals surface area contributed by atoms with Crippen molar-refractivity contribution in [2.45, 2.75) is 0 Å². The van der Waals surface area contributed by atoms with Gasteiger partial charge in [0.1, 0.15) is 6.67 Å². The van der Waals surface area contributed by atoms with Gasteiger partial charge >= 0.3 is 29.6 Å². The molecule has 0 atom stereocenters. The van der Waals surface area contributed by atoms with Crippen LogP contribution in [0.3, 0.4) is 0 Å². The number of nitrogens with zero attached hydrogens (tertiary/aromatic N) is 1. The SMILES string of the molecule is O=[C-]C1CN(CCF)C1.[Na+].[OH-]. The zero-order valence-electron chi connectivity index (χ0n) is 6.59. The molecule has 1 aliphatic heterocycles. The van der Waals surface area contributed by atoms with Crippen LogP contribution >= 0.6 is 0 Å². The average molecular weight is 170 g/mol. The zero-order chi connectivity index (χ0) is 6.69. The Bertz CT molecular complexity index is 109. The van der Waals surface area contributed by atoms with E-state index in [2.05, 4.69) is 0 Å². The molecule has 1 aliphatic rings. The Kier molecular flexibility index (Phi) is 9.19. The van der Waals surface area contributed by atoms with E-state index in [4.69, 9.17) is 0 Å². The number of alkyl halides is 1. The molecule has 1 N–H and O–H groups in total. The summed E-state index contributed by atoms with van der Waals surface area (Å²) >= 11 is 0. The van der Waals surface area contributed by atoms with Crippen LogP contribution in [0.5, 0.6) is 0 Å². The molecule has 0 radical (unpaired) electrons. The minimum Gasteiger partial charge on any atom is -0.870 e. The van der Waals surface area contributed by atoms with Crippen LogP contribution in [-0.2, 0) is 4.79 Å². The second-order valence-corrected chi connectivity index (χ2v) is 2.26. The molecule has 3 nitrogen and oxygen atoms in total. The summed E-state index contributed by atoms with van der Waals surface area (Å²) in [7, 11) is 0. The van der Waals surface area contributed by atoms with Gasteiger partial charge in [0, 0.05) is 6.54 Å². The molecule has 1 heterocycles. The number of rotatable bonds is 3. The van der Waals surface area contributed by atoms with Gasteiger partial charge in [-0.2, -0.15) is 0 Å². The monoisotopic (exact) mass is 170 g/mol. The standard InChI is InChI=1S/C6H9FNO.Na.H2O/c7-1-2-8-3-6(4-8)5-9;;/h6H,1-4H2;;1H2/q-1;+1;/p-1. The van der Waals surface area contributed by atoms with Gasteiger partial charge in [-0.25, -0.2) is 4.39 Å². The van der Waals surface area contributed by atoms with Gasteiger partial charge in [-0.15, -0.1) is 5.92 Å². The predicted octanol–water partition coefficient (Wildman–Crippen LogP) is -3.18. The van der Waals surface area contributed by atoms with Crippen LogP contribution in [0.1, 0.15) is 0 Å². The summed E-state index contributed by atoms with van der Waals surface area (Å²) in [6.45, 7) is 1.56. The van der Waals surface area contributed by atoms with Crippen molar-refractivity contribution in [1.29, 1.82) is 0 Å². The van der Waals surface area contributed by atoms with Crippen molar-refractivity contribution in [1.82, 2.24) is 4.90 Å². The molecule has 0 bridgehead atoms. The predicted molar refractivity (Wildman–Crippen MR) is 33.5 cm³/mol. The molecule has 0 aromatic heterocycles. The molecule has 0 spiro atoms. The number of hydrogen-bond acceptors (Lipinski definition) is 3. The van der Waals surface area contributed by atoms with Gasteiger partial charge in [0.25, 0.3) is 0 Å². The molecule has 1 saturated heterocycles. The number of halogens is 1. The van der Waals surface area contributed by atoms with Crippen molar-refractivity contribution in [2.75, 3.05) is 26.3 Å². The Morgan fingerprint density at radius 1 is 1.55 bits per heavy atom. The molecule has 0 amide bonds. The number of likely N-dealkylation sites (tertiary alicyclic amines) is 1. The third kappa shape index (κ3) is 4.18. The zero-order valence-corrected chi connectivity index (χ0v) is 8.59. The number of carbonyl (C=O) groups excluding carboxylic acids is 1. The van der Waals surface area contributed by atoms with E-state index in [1.165, 1.54) is 0 Å². The average Bonchev–Trinajstić information content (AvgIpc) is 1.77. The summed E-state index contributed by atoms with van der Waals surface area (Å²) in [5.41, 5.74) is 0. The summed E-state index contributed by atoms with van der Waals surface area (Å²) < 4.78 is 11.6. The van der Waals surface area contributed by atoms with E-state index < -0.39 is 0 Å². The minimum absolute atomic E-state index is 0. The molecular formula is C6H10FNNaO2-. The summed E-state index contributed by atoms with van der Waals surface area (Å²) in [5, 5.41) is 0. The third-order valence-corrected chi connectivity index (χ3v) is 1.52. The van der Waals surface area contributed by atoms with Crippen LogP contribution in [0.15, 0.2) is 0 Å². The molecule has 0 aromatic carbocycles. The smallest absolute Gasteiger partial charge is 0.870 e. The van der Waals surface area contributed by atoms with E-state index in [1.807, 2.05) is 11.2 Å². The molecule has 0 saturated carbocycles. The van der Waals surface area contributed by atoms with Crippen molar-refractivity contribution < 1.29 is 44.2 Å². The molecule has 0 unspecified atom stereocenters. The van der Waals surface area contributed by atoms with Crippen LogP contribution in [0.2, 0.25) is 0 Å². The third-order valence-electron chi connectivity index (χ3n) is 1.52. The van der Waals surface area contributed by atoms with Crippen LogP contribution in [0.4, 0.5) is 4.39 Å². The summed E-state index contributed by atoms with van der Waals surface area (Å²) in [4.78, 5) is 11.8. The maximum atomic E-state index is 11.6. The van der Waals surface area contributed by atoms with Gasteiger partial charge in [0.05, 0.1) is 0 Å². The Hall–Kier alpha value is 0.520. The van der Waals surface area contributed by atoms with Gasteiger partial charge in [0.15, 0.2) is 0 Å². The van der Waals surface area contributed by atoms with Crippen LogP contribution in [0.25, 0.3) is 0 Å². The second-order valence-electron chi connectivity index (χ2n) is 2.26. The van der Waals surface area contributed by atoms with E-state index in [1.54, 1.807) is 0 Å². The molecule has 0 aromatic rings. The Balaban J connectivity index is 0. The molecule has 5 heteroatoms. The first-order valence-electron chi connectivity index (χ1n) is 3.03. The van der Waals surface area contributed by atoms with Crippen LogP contribution < -0.4 is 29.6 Å². The summed E-state index contributed by atoms with van der Waals surface area (Å²) in [5.74, 6) is 0.0524. The van der Waals surface area contributed by atoms with E-state index in [0.29, 0.717) is 19.6 Å². The summed E-state index contributed by atoms with van der Waals surface area (Å²) in [6.07, 6.45) is 1.88. The largest absolute Gasteiger partial charge is 1.00 e. The molecule has 11 heavy (non-hydrogen) atoms. The topological polar surface area (TPSA) is 50.3 Å². The fourth-order valence-electron chi connectivity index (χ4n) is 0.947. The van der Waals surface area contributed by atoms with Crippen molar-refractivity contribution in [2.24, 2.45) is 5.92 Å². The second kappa shape index (κ2) is 7.18. The Morgan fingerprint density at radius 2 is 2.09 bits per heavy atom. The molecule has 1 rings (SSSR count). The van der Waals surface area contributed by atoms with Gasteiger partial charge in [-0.3, -0.25) is 6.29 Å². The quantitative estimate of drug-likeness (QED) is 0.331. The normalized spacial score (nSPS) is 17.5. The first kappa shape index (κ1) is 14.1. The van der Waals surface area contributed by atoms with Gasteiger partial charge < -0.3 is 15.2 Å². The van der Waals surface area contributed by atoms with Crippen LogP contribution in [-0.4, -0.2) is 43.0 Å². The minimum atomic E-state index is -0.314. The molecular weight excluding hydrogens is 160 g/mol. The Labute approximate surface area is 87.5 Å². The van der Waals surface area contributed by atoms with E-state index >= 15 is 0 Å². The molecule has 0 aliphatic carbocycles.